The normalized spacial score (nSPS) is 16.7. The highest BCUT2D eigenvalue weighted by atomic mass is 32.3. The molecule has 27 heavy (non-hydrogen) atoms. The van der Waals surface area contributed by atoms with E-state index in [4.69, 9.17) is 0 Å². The first-order chi connectivity index (χ1) is 13.0. The first-order valence-corrected chi connectivity index (χ1v) is 10.7. The molecule has 1 aromatic rings. The van der Waals surface area contributed by atoms with Gasteiger partial charge in [0, 0.05) is 50.0 Å². The Morgan fingerprint density at radius 1 is 1.37 bits per heavy atom. The zero-order chi connectivity index (χ0) is 19.3. The fourth-order valence-electron chi connectivity index (χ4n) is 2.70. The van der Waals surface area contributed by atoms with Gasteiger partial charge in [0.2, 0.25) is 5.91 Å². The van der Waals surface area contributed by atoms with Crippen LogP contribution in [0.25, 0.3) is 0 Å². The first kappa shape index (κ1) is 19.6. The average molecular weight is 391 g/mol. The Kier molecular flexibility index (Phi) is 6.30. The van der Waals surface area contributed by atoms with E-state index in [1.165, 1.54) is 11.1 Å². The van der Waals surface area contributed by atoms with Crippen LogP contribution in [0.15, 0.2) is 45.2 Å². The predicted octanol–water partition coefficient (Wildman–Crippen LogP) is 2.49. The molecule has 0 unspecified atom stereocenters. The van der Waals surface area contributed by atoms with Crippen LogP contribution in [0.3, 0.4) is 0 Å². The monoisotopic (exact) mass is 390 g/mol. The summed E-state index contributed by atoms with van der Waals surface area (Å²) in [5.74, 6) is 0.944. The molecule has 1 aliphatic heterocycles. The van der Waals surface area contributed by atoms with Gasteiger partial charge in [0.1, 0.15) is 11.4 Å². The molecule has 0 radical (unpaired) electrons. The molecule has 3 rings (SSSR count). The Morgan fingerprint density at radius 2 is 2.11 bits per heavy atom. The van der Waals surface area contributed by atoms with Gasteiger partial charge in [0.05, 0.1) is 6.54 Å². The van der Waals surface area contributed by atoms with E-state index in [-0.39, 0.29) is 18.9 Å². The van der Waals surface area contributed by atoms with E-state index in [0.29, 0.717) is 17.9 Å². The molecule has 146 valence electrons. The summed E-state index contributed by atoms with van der Waals surface area (Å²) in [5.41, 5.74) is 3.44. The minimum Gasteiger partial charge on any atom is -0.368 e. The molecule has 0 saturated heterocycles. The maximum absolute atomic E-state index is 12.2. The molecule has 3 N–H and O–H groups in total. The summed E-state index contributed by atoms with van der Waals surface area (Å²) in [5, 5.41) is 3.25. The molecule has 0 fully saturated rings. The van der Waals surface area contributed by atoms with Crippen molar-refractivity contribution in [2.24, 2.45) is 9.98 Å². The number of aliphatic imine (C=N–C) groups is 2. The number of likely N-dealkylation sites (N-methyl/N-ethyl adjacent to an activating group) is 1. The topological polar surface area (TPSA) is 97.5 Å². The number of benzene rings is 1. The minimum absolute atomic E-state index is 0.00426. The maximum Gasteiger partial charge on any atom is 0.224 e. The smallest absolute Gasteiger partial charge is 0.224 e. The molecule has 0 aromatic heterocycles. The van der Waals surface area contributed by atoms with Gasteiger partial charge in [-0.2, -0.15) is 0 Å². The second-order valence-electron chi connectivity index (χ2n) is 6.65. The van der Waals surface area contributed by atoms with E-state index < -0.39 is 10.6 Å². The molecule has 0 atom stereocenters. The van der Waals surface area contributed by atoms with E-state index in [0.717, 1.165) is 30.9 Å². The molecule has 0 bridgehead atoms. The van der Waals surface area contributed by atoms with Crippen molar-refractivity contribution in [2.75, 3.05) is 33.2 Å². The van der Waals surface area contributed by atoms with E-state index in [9.17, 15) is 13.9 Å². The van der Waals surface area contributed by atoms with Crippen molar-refractivity contribution >= 4 is 27.9 Å². The summed E-state index contributed by atoms with van der Waals surface area (Å²) >= 11 is 0. The lowest BCUT2D eigenvalue weighted by atomic mass is 10.1. The number of carbonyl (C=O) groups excluding carboxylic acids is 1. The van der Waals surface area contributed by atoms with Gasteiger partial charge in [-0.15, -0.1) is 10.6 Å². The molecule has 7 nitrogen and oxygen atoms in total. The maximum atomic E-state index is 12.2. The van der Waals surface area contributed by atoms with Gasteiger partial charge in [-0.3, -0.25) is 23.9 Å². The van der Waals surface area contributed by atoms with Crippen molar-refractivity contribution in [3.8, 4) is 0 Å². The van der Waals surface area contributed by atoms with E-state index in [1.54, 1.807) is 18.0 Å². The van der Waals surface area contributed by atoms with Gasteiger partial charge in [-0.25, -0.2) is 0 Å². The molecule has 2 aliphatic rings. The van der Waals surface area contributed by atoms with Gasteiger partial charge >= 0.3 is 0 Å². The standard InChI is InChI=1S/C19H26N4O3S/c1-23(18(24)8-10-20-14-27(25,26)17-6-7-17)13-9-15-2-4-16(5-3-15)19-21-11-12-22-19/h2-6,14,25-26H,7-13H2,1H3,(H,21,22). The largest absolute Gasteiger partial charge is 0.368 e. The third-order valence-corrected chi connectivity index (χ3v) is 6.04. The van der Waals surface area contributed by atoms with Crippen LogP contribution in [-0.2, 0) is 11.2 Å². The number of carbonyl (C=O) groups is 1. The zero-order valence-corrected chi connectivity index (χ0v) is 16.3. The van der Waals surface area contributed by atoms with Gasteiger partial charge in [-0.1, -0.05) is 30.3 Å². The number of hydrogen-bond donors (Lipinski definition) is 3. The number of amides is 1. The molecular weight excluding hydrogens is 364 g/mol. The number of rotatable bonds is 9. The highest BCUT2D eigenvalue weighted by Crippen LogP contribution is 2.53. The number of nitrogens with one attached hydrogen (secondary N) is 1. The zero-order valence-electron chi connectivity index (χ0n) is 15.5. The van der Waals surface area contributed by atoms with Crippen LogP contribution in [0.2, 0.25) is 0 Å². The fraction of sp³-hybridized carbons (Fsp3) is 0.421. The lowest BCUT2D eigenvalue weighted by Gasteiger charge is -2.23. The summed E-state index contributed by atoms with van der Waals surface area (Å²) in [4.78, 5) is 22.9. The number of hydrogen-bond acceptors (Lipinski definition) is 6. The Bertz CT molecular complexity index is 772. The van der Waals surface area contributed by atoms with Crippen LogP contribution in [0.5, 0.6) is 0 Å². The molecular formula is C19H26N4O3S. The molecule has 0 spiro atoms. The quantitative estimate of drug-likeness (QED) is 0.446. The SMILES string of the molecule is CN(CCc1ccc(C2=NCCN2)cc1)C(=O)CCN=CS(O)(O)C1=CC1. The van der Waals surface area contributed by atoms with Crippen molar-refractivity contribution in [3.63, 3.8) is 0 Å². The van der Waals surface area contributed by atoms with Crippen LogP contribution in [0.4, 0.5) is 0 Å². The van der Waals surface area contributed by atoms with Gasteiger partial charge in [0.25, 0.3) is 0 Å². The summed E-state index contributed by atoms with van der Waals surface area (Å²) in [6.07, 6.45) is 3.44. The Balaban J connectivity index is 1.39. The fourth-order valence-corrected chi connectivity index (χ4v) is 3.73. The third-order valence-electron chi connectivity index (χ3n) is 4.50. The van der Waals surface area contributed by atoms with Crippen molar-refractivity contribution in [2.45, 2.75) is 19.3 Å². The van der Waals surface area contributed by atoms with Crippen molar-refractivity contribution in [1.82, 2.24) is 10.2 Å². The molecule has 1 heterocycles. The minimum atomic E-state index is -2.83. The van der Waals surface area contributed by atoms with Crippen molar-refractivity contribution < 1.29 is 13.9 Å². The van der Waals surface area contributed by atoms with Crippen LogP contribution >= 0.6 is 10.6 Å². The Hall–Kier alpha value is -2.16. The third kappa shape index (κ3) is 5.66. The van der Waals surface area contributed by atoms with Crippen molar-refractivity contribution in [3.05, 3.63) is 46.4 Å². The van der Waals surface area contributed by atoms with Crippen LogP contribution in [0, 0.1) is 0 Å². The van der Waals surface area contributed by atoms with Crippen LogP contribution < -0.4 is 5.32 Å². The Morgan fingerprint density at radius 3 is 2.74 bits per heavy atom. The molecule has 8 heteroatoms. The van der Waals surface area contributed by atoms with E-state index in [2.05, 4.69) is 39.6 Å². The molecule has 1 aliphatic carbocycles. The van der Waals surface area contributed by atoms with Gasteiger partial charge in [-0.05, 0) is 12.0 Å². The number of amidine groups is 1. The lowest BCUT2D eigenvalue weighted by Crippen LogP contribution is -2.29. The number of allylic oxidation sites excluding steroid dienone is 2. The van der Waals surface area contributed by atoms with Crippen LogP contribution in [-0.4, -0.2) is 64.5 Å². The second-order valence-corrected chi connectivity index (χ2v) is 8.57. The summed E-state index contributed by atoms with van der Waals surface area (Å²) in [6, 6.07) is 8.24. The molecule has 1 amide bonds. The van der Waals surface area contributed by atoms with Gasteiger partial charge < -0.3 is 10.2 Å². The summed E-state index contributed by atoms with van der Waals surface area (Å²) in [6.45, 7) is 2.61. The Labute approximate surface area is 161 Å². The van der Waals surface area contributed by atoms with E-state index in [1.807, 2.05) is 0 Å². The highest BCUT2D eigenvalue weighted by molar-refractivity contribution is 8.38. The second kappa shape index (κ2) is 8.69. The summed E-state index contributed by atoms with van der Waals surface area (Å²) < 4.78 is 19.5. The molecule has 0 saturated carbocycles. The average Bonchev–Trinajstić information content (AvgIpc) is 3.40. The van der Waals surface area contributed by atoms with Gasteiger partial charge in [0.15, 0.2) is 0 Å². The number of nitrogens with zero attached hydrogens (tertiary/aromatic N) is 3. The van der Waals surface area contributed by atoms with Crippen LogP contribution in [0.1, 0.15) is 24.0 Å². The van der Waals surface area contributed by atoms with Crippen molar-refractivity contribution in [1.29, 1.82) is 0 Å². The predicted molar refractivity (Wildman–Crippen MR) is 111 cm³/mol. The lowest BCUT2D eigenvalue weighted by molar-refractivity contribution is -0.129. The van der Waals surface area contributed by atoms with E-state index >= 15 is 0 Å². The first-order valence-electron chi connectivity index (χ1n) is 9.04. The highest BCUT2D eigenvalue weighted by Gasteiger charge is 2.23. The molecule has 1 aromatic carbocycles. The summed E-state index contributed by atoms with van der Waals surface area (Å²) in [7, 11) is -1.05.